The molecule has 0 aliphatic carbocycles. The van der Waals surface area contributed by atoms with Gasteiger partial charge in [0.15, 0.2) is 0 Å². The van der Waals surface area contributed by atoms with Crippen LogP contribution in [0.15, 0.2) is 10.6 Å². The van der Waals surface area contributed by atoms with E-state index in [9.17, 15) is 9.59 Å². The fraction of sp³-hybridized carbons (Fsp3) is 0.579. The molecule has 1 N–H and O–H groups in total. The minimum atomic E-state index is -0.508. The van der Waals surface area contributed by atoms with E-state index >= 15 is 0 Å². The number of carbonyl (C=O) groups is 2. The molecule has 8 heteroatoms. The molecule has 0 bridgehead atoms. The molecule has 2 atom stereocenters. The second-order valence-corrected chi connectivity index (χ2v) is 7.86. The highest BCUT2D eigenvalue weighted by Gasteiger charge is 2.29. The normalized spacial score (nSPS) is 12.0. The minimum Gasteiger partial charge on any atom is -0.469 e. The number of ether oxygens (including phenoxy) is 1. The van der Waals surface area contributed by atoms with Crippen LogP contribution in [0.4, 0.5) is 0 Å². The average Bonchev–Trinajstić information content (AvgIpc) is 2.58. The third kappa shape index (κ3) is 14.7. The van der Waals surface area contributed by atoms with Crippen molar-refractivity contribution in [3.8, 4) is 23.7 Å². The minimum absolute atomic E-state index is 0.0684. The second kappa shape index (κ2) is 16.0. The molecule has 0 spiro atoms. The van der Waals surface area contributed by atoms with Crippen LogP contribution in [-0.2, 0) is 14.3 Å². The Balaban J connectivity index is 4.90. The summed E-state index contributed by atoms with van der Waals surface area (Å²) in [5.74, 6) is 10.3. The number of esters is 1. The molecule has 0 saturated carbocycles. The van der Waals surface area contributed by atoms with Gasteiger partial charge in [-0.1, -0.05) is 35.0 Å². The SMILES string of the molecule is COC(=O)[C@@H](CCC#CC=C(Cl)Cl)[C@@H](CCCC#CCC(Cl)Cl)NC(C)=O. The summed E-state index contributed by atoms with van der Waals surface area (Å²) in [5, 5.41) is 2.83. The van der Waals surface area contributed by atoms with E-state index in [2.05, 4.69) is 29.0 Å². The Morgan fingerprint density at radius 3 is 2.37 bits per heavy atom. The molecule has 1 amide bonds. The molecule has 0 radical (unpaired) electrons. The van der Waals surface area contributed by atoms with Crippen LogP contribution in [0.3, 0.4) is 0 Å². The van der Waals surface area contributed by atoms with Crippen LogP contribution >= 0.6 is 46.4 Å². The quantitative estimate of drug-likeness (QED) is 0.236. The first-order valence-electron chi connectivity index (χ1n) is 8.36. The van der Waals surface area contributed by atoms with Gasteiger partial charge in [0.2, 0.25) is 5.91 Å². The topological polar surface area (TPSA) is 55.4 Å². The molecule has 4 nitrogen and oxygen atoms in total. The van der Waals surface area contributed by atoms with Crippen molar-refractivity contribution in [1.82, 2.24) is 5.32 Å². The van der Waals surface area contributed by atoms with Crippen LogP contribution in [0, 0.1) is 29.6 Å². The molecule has 0 saturated heterocycles. The molecule has 0 aromatic rings. The zero-order valence-corrected chi connectivity index (χ0v) is 18.3. The number of hydrogen-bond donors (Lipinski definition) is 1. The van der Waals surface area contributed by atoms with Crippen LogP contribution in [0.25, 0.3) is 0 Å². The molecule has 0 rings (SSSR count). The van der Waals surface area contributed by atoms with Crippen molar-refractivity contribution in [2.45, 2.75) is 56.3 Å². The maximum atomic E-state index is 12.2. The Labute approximate surface area is 181 Å². The molecule has 0 aliphatic rings. The molecule has 0 aromatic heterocycles. The summed E-state index contributed by atoms with van der Waals surface area (Å²) in [6.07, 6.45) is 4.54. The van der Waals surface area contributed by atoms with Gasteiger partial charge in [0.05, 0.1) is 13.0 Å². The number of nitrogens with one attached hydrogen (secondary N) is 1. The number of amides is 1. The number of hydrogen-bond acceptors (Lipinski definition) is 3. The Bertz CT molecular complexity index is 622. The summed E-state index contributed by atoms with van der Waals surface area (Å²) in [7, 11) is 1.32. The Kier molecular flexibility index (Phi) is 15.3. The van der Waals surface area contributed by atoms with Gasteiger partial charge in [-0.3, -0.25) is 9.59 Å². The number of methoxy groups -OCH3 is 1. The highest BCUT2D eigenvalue weighted by molar-refractivity contribution is 6.56. The van der Waals surface area contributed by atoms with Gasteiger partial charge in [0.1, 0.15) is 9.33 Å². The predicted molar refractivity (Wildman–Crippen MR) is 112 cm³/mol. The van der Waals surface area contributed by atoms with Crippen molar-refractivity contribution in [3.63, 3.8) is 0 Å². The van der Waals surface area contributed by atoms with Gasteiger partial charge in [0, 0.05) is 38.3 Å². The van der Waals surface area contributed by atoms with E-state index in [1.807, 2.05) is 0 Å². The average molecular weight is 455 g/mol. The molecule has 150 valence electrons. The molecule has 0 aromatic carbocycles. The van der Waals surface area contributed by atoms with Gasteiger partial charge in [0.25, 0.3) is 0 Å². The largest absolute Gasteiger partial charge is 0.469 e. The number of unbranched alkanes of at least 4 members (excludes halogenated alkanes) is 1. The van der Waals surface area contributed by atoms with E-state index in [0.717, 1.165) is 0 Å². The fourth-order valence-electron chi connectivity index (χ4n) is 2.32. The molecule has 0 fully saturated rings. The molecule has 27 heavy (non-hydrogen) atoms. The van der Waals surface area contributed by atoms with Crippen molar-refractivity contribution in [3.05, 3.63) is 10.6 Å². The monoisotopic (exact) mass is 453 g/mol. The van der Waals surface area contributed by atoms with Crippen LogP contribution in [0.1, 0.15) is 45.4 Å². The van der Waals surface area contributed by atoms with Gasteiger partial charge in [-0.25, -0.2) is 0 Å². The first kappa shape index (κ1) is 26.0. The molecular formula is C19H23Cl4NO3. The van der Waals surface area contributed by atoms with Crippen LogP contribution in [0.2, 0.25) is 0 Å². The van der Waals surface area contributed by atoms with Gasteiger partial charge >= 0.3 is 5.97 Å². The zero-order valence-electron chi connectivity index (χ0n) is 15.3. The van der Waals surface area contributed by atoms with Crippen molar-refractivity contribution in [1.29, 1.82) is 0 Å². The van der Waals surface area contributed by atoms with Gasteiger partial charge in [-0.15, -0.1) is 35.0 Å². The number of carbonyl (C=O) groups excluding carboxylic acids is 2. The lowest BCUT2D eigenvalue weighted by atomic mass is 9.90. The van der Waals surface area contributed by atoms with Gasteiger partial charge in [-0.05, 0) is 19.3 Å². The van der Waals surface area contributed by atoms with E-state index in [0.29, 0.717) is 38.5 Å². The van der Waals surface area contributed by atoms with Crippen molar-refractivity contribution in [2.75, 3.05) is 7.11 Å². The first-order chi connectivity index (χ1) is 12.8. The van der Waals surface area contributed by atoms with E-state index < -0.39 is 10.8 Å². The smallest absolute Gasteiger partial charge is 0.310 e. The maximum Gasteiger partial charge on any atom is 0.310 e. The maximum absolute atomic E-state index is 12.2. The first-order valence-corrected chi connectivity index (χ1v) is 9.99. The summed E-state index contributed by atoms with van der Waals surface area (Å²) in [5.41, 5.74) is 0. The third-order valence-electron chi connectivity index (χ3n) is 3.44. The lowest BCUT2D eigenvalue weighted by Crippen LogP contribution is -2.43. The lowest BCUT2D eigenvalue weighted by Gasteiger charge is -2.25. The van der Waals surface area contributed by atoms with Crippen LogP contribution in [-0.4, -0.2) is 29.9 Å². The summed E-state index contributed by atoms with van der Waals surface area (Å²) in [4.78, 5) is 23.2. The van der Waals surface area contributed by atoms with E-state index in [4.69, 9.17) is 51.1 Å². The number of allylic oxidation sites excluding steroid dienone is 1. The third-order valence-corrected chi connectivity index (χ3v) is 3.97. The molecule has 0 heterocycles. The van der Waals surface area contributed by atoms with Crippen LogP contribution < -0.4 is 5.32 Å². The number of halogens is 4. The van der Waals surface area contributed by atoms with Gasteiger partial charge in [-0.2, -0.15) is 0 Å². The zero-order chi connectivity index (χ0) is 20.7. The van der Waals surface area contributed by atoms with Gasteiger partial charge < -0.3 is 10.1 Å². The number of alkyl halides is 2. The predicted octanol–water partition coefficient (Wildman–Crippen LogP) is 4.75. The summed E-state index contributed by atoms with van der Waals surface area (Å²) >= 11 is 22.2. The Hall–Kier alpha value is -1.04. The summed E-state index contributed by atoms with van der Waals surface area (Å²) in [6.45, 7) is 1.41. The molecule has 0 aliphatic heterocycles. The highest BCUT2D eigenvalue weighted by Crippen LogP contribution is 2.19. The van der Waals surface area contributed by atoms with E-state index in [1.54, 1.807) is 0 Å². The van der Waals surface area contributed by atoms with Crippen molar-refractivity contribution < 1.29 is 14.3 Å². The molecular weight excluding hydrogens is 432 g/mol. The fourth-order valence-corrected chi connectivity index (χ4v) is 2.59. The van der Waals surface area contributed by atoms with E-state index in [-0.39, 0.29) is 22.4 Å². The summed E-state index contributed by atoms with van der Waals surface area (Å²) < 4.78 is 4.96. The summed E-state index contributed by atoms with van der Waals surface area (Å²) in [6, 6.07) is -0.362. The van der Waals surface area contributed by atoms with Crippen LogP contribution in [0.5, 0.6) is 0 Å². The standard InChI is InChI=1S/C19H23Cl4NO3/c1-14(25)24-16(11-7-3-4-8-12-17(20)21)15(19(26)27-2)10-6-5-9-13-18(22)23/h13,15-17H,3,6-7,10-12H2,1-2H3,(H,24,25)/t15-,16+/m0/s1. The van der Waals surface area contributed by atoms with Crippen molar-refractivity contribution >= 4 is 58.3 Å². The Morgan fingerprint density at radius 1 is 1.11 bits per heavy atom. The lowest BCUT2D eigenvalue weighted by molar-refractivity contribution is -0.147. The highest BCUT2D eigenvalue weighted by atomic mass is 35.5. The second-order valence-electron chi connectivity index (χ2n) is 5.57. The number of rotatable bonds is 9. The van der Waals surface area contributed by atoms with Crippen molar-refractivity contribution in [2.24, 2.45) is 5.92 Å². The molecule has 0 unspecified atom stereocenters. The van der Waals surface area contributed by atoms with E-state index in [1.165, 1.54) is 20.1 Å². The Morgan fingerprint density at radius 2 is 1.81 bits per heavy atom.